The maximum Gasteiger partial charge on any atom is 0.244 e. The van der Waals surface area contributed by atoms with E-state index >= 15 is 0 Å². The Morgan fingerprint density at radius 1 is 0.925 bits per heavy atom. The van der Waals surface area contributed by atoms with Crippen molar-refractivity contribution in [1.82, 2.24) is 10.2 Å². The van der Waals surface area contributed by atoms with Gasteiger partial charge < -0.3 is 10.2 Å². The Balaban J connectivity index is 2.10. The lowest BCUT2D eigenvalue weighted by atomic mass is 10.0. The molecule has 3 rings (SSSR count). The standard InChI is InChI=1S/C29H32Cl3N3O4S/c1-19(2)33-29(37)27(15-21-8-6-5-7-9-21)34(17-22-10-11-24(31)16-25(22)32)28(36)18-35(40(4,38)39)26-13-12-23(30)14-20(26)3/h5-14,16,19,27H,15,17-18H2,1-4H3,(H,33,37)/t27-/m0/s1. The summed E-state index contributed by atoms with van der Waals surface area (Å²) in [6.45, 7) is 4.79. The highest BCUT2D eigenvalue weighted by atomic mass is 35.5. The number of amides is 2. The Kier molecular flexibility index (Phi) is 10.9. The number of anilines is 1. The van der Waals surface area contributed by atoms with Crippen molar-refractivity contribution in [2.45, 2.75) is 45.8 Å². The lowest BCUT2D eigenvalue weighted by molar-refractivity contribution is -0.140. The van der Waals surface area contributed by atoms with Gasteiger partial charge in [0, 0.05) is 34.1 Å². The molecule has 0 saturated heterocycles. The number of halogens is 3. The highest BCUT2D eigenvalue weighted by Gasteiger charge is 2.34. The number of carbonyl (C=O) groups is 2. The molecule has 0 aliphatic carbocycles. The SMILES string of the molecule is Cc1cc(Cl)ccc1N(CC(=O)N(Cc1ccc(Cl)cc1Cl)[C@@H](Cc1ccccc1)C(=O)NC(C)C)S(C)(=O)=O. The molecule has 0 spiro atoms. The van der Waals surface area contributed by atoms with Gasteiger partial charge in [0.1, 0.15) is 12.6 Å². The Morgan fingerprint density at radius 2 is 1.55 bits per heavy atom. The van der Waals surface area contributed by atoms with Crippen LogP contribution in [0.15, 0.2) is 66.7 Å². The van der Waals surface area contributed by atoms with Crippen LogP contribution in [-0.2, 0) is 32.6 Å². The van der Waals surface area contributed by atoms with Crippen LogP contribution >= 0.6 is 34.8 Å². The minimum Gasteiger partial charge on any atom is -0.352 e. The van der Waals surface area contributed by atoms with Gasteiger partial charge in [-0.1, -0.05) is 71.2 Å². The average molecular weight is 625 g/mol. The molecular formula is C29H32Cl3N3O4S. The van der Waals surface area contributed by atoms with Gasteiger partial charge in [0.2, 0.25) is 21.8 Å². The topological polar surface area (TPSA) is 86.8 Å². The van der Waals surface area contributed by atoms with E-state index in [2.05, 4.69) is 5.32 Å². The van der Waals surface area contributed by atoms with E-state index in [1.165, 1.54) is 4.90 Å². The molecule has 7 nitrogen and oxygen atoms in total. The van der Waals surface area contributed by atoms with Crippen molar-refractivity contribution in [3.63, 3.8) is 0 Å². The van der Waals surface area contributed by atoms with Gasteiger partial charge in [0.15, 0.2) is 0 Å². The monoisotopic (exact) mass is 623 g/mol. The molecule has 0 fully saturated rings. The first-order chi connectivity index (χ1) is 18.8. The lowest BCUT2D eigenvalue weighted by Gasteiger charge is -2.34. The lowest BCUT2D eigenvalue weighted by Crippen LogP contribution is -2.54. The van der Waals surface area contributed by atoms with Crippen LogP contribution in [0.2, 0.25) is 15.1 Å². The van der Waals surface area contributed by atoms with Crippen LogP contribution in [0, 0.1) is 6.92 Å². The van der Waals surface area contributed by atoms with Crippen LogP contribution in [0.25, 0.3) is 0 Å². The molecule has 0 saturated carbocycles. The molecule has 0 aliphatic rings. The van der Waals surface area contributed by atoms with Gasteiger partial charge in [-0.2, -0.15) is 0 Å². The first-order valence-electron chi connectivity index (χ1n) is 12.6. The fourth-order valence-electron chi connectivity index (χ4n) is 4.26. The number of hydrogen-bond acceptors (Lipinski definition) is 4. The zero-order valence-corrected chi connectivity index (χ0v) is 25.8. The third-order valence-electron chi connectivity index (χ3n) is 6.16. The summed E-state index contributed by atoms with van der Waals surface area (Å²) in [7, 11) is -3.89. The molecule has 1 N–H and O–H groups in total. The van der Waals surface area contributed by atoms with Crippen LogP contribution in [0.1, 0.15) is 30.5 Å². The number of nitrogens with one attached hydrogen (secondary N) is 1. The highest BCUT2D eigenvalue weighted by Crippen LogP contribution is 2.28. The number of carbonyl (C=O) groups excluding carboxylic acids is 2. The maximum absolute atomic E-state index is 14.1. The van der Waals surface area contributed by atoms with Gasteiger partial charge in [0.05, 0.1) is 11.9 Å². The first kappa shape index (κ1) is 31.7. The molecule has 0 bridgehead atoms. The summed E-state index contributed by atoms with van der Waals surface area (Å²) in [5.41, 5.74) is 2.29. The summed E-state index contributed by atoms with van der Waals surface area (Å²) in [5.74, 6) is -0.948. The van der Waals surface area contributed by atoms with Crippen molar-refractivity contribution in [2.75, 3.05) is 17.1 Å². The molecule has 3 aromatic carbocycles. The number of hydrogen-bond donors (Lipinski definition) is 1. The maximum atomic E-state index is 14.1. The molecule has 0 radical (unpaired) electrons. The largest absolute Gasteiger partial charge is 0.352 e. The minimum absolute atomic E-state index is 0.0466. The van der Waals surface area contributed by atoms with Crippen molar-refractivity contribution >= 4 is 62.3 Å². The molecular weight excluding hydrogens is 593 g/mol. The van der Waals surface area contributed by atoms with E-state index in [-0.39, 0.29) is 24.9 Å². The van der Waals surface area contributed by atoms with E-state index in [1.807, 2.05) is 44.2 Å². The molecule has 0 aromatic heterocycles. The molecule has 1 atom stereocenters. The summed E-state index contributed by atoms with van der Waals surface area (Å²) in [6, 6.07) is 17.8. The van der Waals surface area contributed by atoms with Crippen LogP contribution in [0.5, 0.6) is 0 Å². The van der Waals surface area contributed by atoms with Gasteiger partial charge in [-0.05, 0) is 67.8 Å². The Bertz CT molecular complexity index is 1470. The van der Waals surface area contributed by atoms with E-state index in [4.69, 9.17) is 34.8 Å². The molecule has 0 unspecified atom stereocenters. The van der Waals surface area contributed by atoms with E-state index < -0.39 is 28.5 Å². The van der Waals surface area contributed by atoms with Crippen LogP contribution in [-0.4, -0.2) is 50.0 Å². The Labute approximate surface area is 251 Å². The summed E-state index contributed by atoms with van der Waals surface area (Å²) in [6.07, 6.45) is 1.23. The summed E-state index contributed by atoms with van der Waals surface area (Å²) < 4.78 is 26.9. The predicted octanol–water partition coefficient (Wildman–Crippen LogP) is 5.89. The molecule has 0 aliphatic heterocycles. The Hall–Kier alpha value is -2.78. The van der Waals surface area contributed by atoms with Gasteiger partial charge in [-0.3, -0.25) is 13.9 Å². The number of sulfonamides is 1. The molecule has 3 aromatic rings. The summed E-state index contributed by atoms with van der Waals surface area (Å²) in [4.78, 5) is 29.1. The van der Waals surface area contributed by atoms with Crippen molar-refractivity contribution in [3.05, 3.63) is 98.5 Å². The van der Waals surface area contributed by atoms with E-state index in [0.717, 1.165) is 16.1 Å². The fourth-order valence-corrected chi connectivity index (χ4v) is 5.86. The second-order valence-electron chi connectivity index (χ2n) is 9.83. The first-order valence-corrected chi connectivity index (χ1v) is 15.6. The van der Waals surface area contributed by atoms with Crippen molar-refractivity contribution in [2.24, 2.45) is 0 Å². The smallest absolute Gasteiger partial charge is 0.244 e. The second kappa shape index (κ2) is 13.7. The molecule has 2 amide bonds. The highest BCUT2D eigenvalue weighted by molar-refractivity contribution is 7.92. The third-order valence-corrected chi connectivity index (χ3v) is 8.11. The minimum atomic E-state index is -3.89. The Morgan fingerprint density at radius 3 is 2.12 bits per heavy atom. The van der Waals surface area contributed by atoms with E-state index in [9.17, 15) is 18.0 Å². The van der Waals surface area contributed by atoms with Crippen molar-refractivity contribution in [1.29, 1.82) is 0 Å². The molecule has 11 heteroatoms. The number of rotatable bonds is 11. The number of nitrogens with zero attached hydrogens (tertiary/aromatic N) is 2. The molecule has 214 valence electrons. The predicted molar refractivity (Wildman–Crippen MR) is 163 cm³/mol. The number of benzene rings is 3. The molecule has 0 heterocycles. The van der Waals surface area contributed by atoms with Crippen molar-refractivity contribution in [3.8, 4) is 0 Å². The van der Waals surface area contributed by atoms with Gasteiger partial charge in [-0.15, -0.1) is 0 Å². The van der Waals surface area contributed by atoms with Crippen LogP contribution < -0.4 is 9.62 Å². The number of aryl methyl sites for hydroxylation is 1. The summed E-state index contributed by atoms with van der Waals surface area (Å²) >= 11 is 18.7. The fraction of sp³-hybridized carbons (Fsp3) is 0.310. The molecule has 40 heavy (non-hydrogen) atoms. The van der Waals surface area contributed by atoms with E-state index in [0.29, 0.717) is 31.9 Å². The van der Waals surface area contributed by atoms with Crippen LogP contribution in [0.4, 0.5) is 5.69 Å². The van der Waals surface area contributed by atoms with Gasteiger partial charge in [0.25, 0.3) is 0 Å². The zero-order valence-electron chi connectivity index (χ0n) is 22.7. The van der Waals surface area contributed by atoms with Crippen LogP contribution in [0.3, 0.4) is 0 Å². The zero-order chi connectivity index (χ0) is 29.6. The van der Waals surface area contributed by atoms with Crippen molar-refractivity contribution < 1.29 is 18.0 Å². The van der Waals surface area contributed by atoms with Gasteiger partial charge >= 0.3 is 0 Å². The van der Waals surface area contributed by atoms with Gasteiger partial charge in [-0.25, -0.2) is 8.42 Å². The normalized spacial score (nSPS) is 12.2. The summed E-state index contributed by atoms with van der Waals surface area (Å²) in [5, 5.41) is 4.09. The quantitative estimate of drug-likeness (QED) is 0.289. The second-order valence-corrected chi connectivity index (χ2v) is 13.0. The average Bonchev–Trinajstić information content (AvgIpc) is 2.85. The van der Waals surface area contributed by atoms with E-state index in [1.54, 1.807) is 43.3 Å². The third kappa shape index (κ3) is 8.61.